The maximum absolute atomic E-state index is 8.58. The number of aliphatic hydroxyl groups excluding tert-OH is 1. The van der Waals surface area contributed by atoms with Crippen LogP contribution in [0.15, 0.2) is 0 Å². The summed E-state index contributed by atoms with van der Waals surface area (Å²) >= 11 is 0. The van der Waals surface area contributed by atoms with Gasteiger partial charge < -0.3 is 14.7 Å². The summed E-state index contributed by atoms with van der Waals surface area (Å²) in [6, 6.07) is 0. The maximum atomic E-state index is 8.58. The third-order valence-electron chi connectivity index (χ3n) is 2.57. The first kappa shape index (κ1) is 7.53. The molecule has 0 amide bonds. The highest BCUT2D eigenvalue weighted by Crippen LogP contribution is 2.37. The minimum Gasteiger partial charge on any atom is -0.396 e. The van der Waals surface area contributed by atoms with Crippen molar-refractivity contribution in [3.63, 3.8) is 0 Å². The minimum atomic E-state index is 0.319. The Hall–Kier alpha value is -0.120. The van der Waals surface area contributed by atoms with Gasteiger partial charge in [-0.15, -0.1) is 0 Å². The molecule has 3 heteroatoms. The van der Waals surface area contributed by atoms with Gasteiger partial charge in [0.05, 0.1) is 13.2 Å². The lowest BCUT2D eigenvalue weighted by Gasteiger charge is -2.55. The lowest BCUT2D eigenvalue weighted by atomic mass is 9.78. The summed E-state index contributed by atoms with van der Waals surface area (Å²) < 4.78 is 5.16. The van der Waals surface area contributed by atoms with Crippen molar-refractivity contribution in [3.05, 3.63) is 0 Å². The van der Waals surface area contributed by atoms with Crippen molar-refractivity contribution in [2.45, 2.75) is 6.42 Å². The number of likely N-dealkylation sites (tertiary alicyclic amines) is 1. The normalized spacial score (nSPS) is 28.1. The first-order valence-electron chi connectivity index (χ1n) is 4.26. The Balaban J connectivity index is 1.63. The van der Waals surface area contributed by atoms with Gasteiger partial charge in [0.1, 0.15) is 0 Å². The van der Waals surface area contributed by atoms with Crippen LogP contribution in [0.4, 0.5) is 0 Å². The van der Waals surface area contributed by atoms with Crippen molar-refractivity contribution in [1.82, 2.24) is 4.90 Å². The van der Waals surface area contributed by atoms with Crippen LogP contribution in [0.3, 0.4) is 0 Å². The van der Waals surface area contributed by atoms with Gasteiger partial charge >= 0.3 is 0 Å². The van der Waals surface area contributed by atoms with E-state index >= 15 is 0 Å². The fourth-order valence-corrected chi connectivity index (χ4v) is 1.93. The molecule has 3 nitrogen and oxygen atoms in total. The molecule has 2 aliphatic rings. The zero-order chi connectivity index (χ0) is 7.73. The Morgan fingerprint density at radius 1 is 1.36 bits per heavy atom. The number of hydrogen-bond acceptors (Lipinski definition) is 3. The van der Waals surface area contributed by atoms with Gasteiger partial charge in [0.2, 0.25) is 0 Å². The van der Waals surface area contributed by atoms with Crippen LogP contribution in [-0.4, -0.2) is 49.5 Å². The molecule has 0 aliphatic carbocycles. The van der Waals surface area contributed by atoms with Gasteiger partial charge in [-0.25, -0.2) is 0 Å². The maximum Gasteiger partial charge on any atom is 0.0569 e. The minimum absolute atomic E-state index is 0.319. The topological polar surface area (TPSA) is 32.7 Å². The monoisotopic (exact) mass is 157 g/mol. The standard InChI is InChI=1S/C8H15NO2/c10-3-1-2-9-4-8(5-9)6-11-7-8/h10H,1-7H2. The van der Waals surface area contributed by atoms with E-state index in [1.54, 1.807) is 0 Å². The zero-order valence-corrected chi connectivity index (χ0v) is 6.75. The fourth-order valence-electron chi connectivity index (χ4n) is 1.93. The second-order valence-corrected chi connectivity index (χ2v) is 3.78. The van der Waals surface area contributed by atoms with Crippen molar-refractivity contribution >= 4 is 0 Å². The largest absolute Gasteiger partial charge is 0.396 e. The zero-order valence-electron chi connectivity index (χ0n) is 6.75. The van der Waals surface area contributed by atoms with Crippen LogP contribution in [0, 0.1) is 5.41 Å². The van der Waals surface area contributed by atoms with Crippen LogP contribution in [0.25, 0.3) is 0 Å². The molecule has 0 bridgehead atoms. The average molecular weight is 157 g/mol. The van der Waals surface area contributed by atoms with Crippen LogP contribution >= 0.6 is 0 Å². The molecule has 0 aromatic carbocycles. The van der Waals surface area contributed by atoms with E-state index in [1.807, 2.05) is 0 Å². The Bertz CT molecular complexity index is 137. The molecule has 2 aliphatic heterocycles. The Labute approximate surface area is 66.9 Å². The SMILES string of the molecule is OCCCN1CC2(COC2)C1. The van der Waals surface area contributed by atoms with E-state index in [4.69, 9.17) is 9.84 Å². The van der Waals surface area contributed by atoms with Crippen molar-refractivity contribution in [2.75, 3.05) is 39.5 Å². The first-order valence-corrected chi connectivity index (χ1v) is 4.26. The molecule has 64 valence electrons. The summed E-state index contributed by atoms with van der Waals surface area (Å²) in [6.07, 6.45) is 0.914. The molecule has 0 radical (unpaired) electrons. The molecule has 2 saturated heterocycles. The summed E-state index contributed by atoms with van der Waals surface area (Å²) in [4.78, 5) is 2.39. The highest BCUT2D eigenvalue weighted by molar-refractivity contribution is 4.99. The van der Waals surface area contributed by atoms with Gasteiger partial charge in [-0.1, -0.05) is 0 Å². The number of ether oxygens (including phenoxy) is 1. The van der Waals surface area contributed by atoms with E-state index in [9.17, 15) is 0 Å². The van der Waals surface area contributed by atoms with Crippen molar-refractivity contribution in [3.8, 4) is 0 Å². The molecule has 0 aromatic rings. The van der Waals surface area contributed by atoms with Crippen molar-refractivity contribution in [1.29, 1.82) is 0 Å². The summed E-state index contributed by atoms with van der Waals surface area (Å²) in [5, 5.41) is 8.58. The summed E-state index contributed by atoms with van der Waals surface area (Å²) in [5.74, 6) is 0. The lowest BCUT2D eigenvalue weighted by Crippen LogP contribution is -2.65. The van der Waals surface area contributed by atoms with Gasteiger partial charge in [-0.2, -0.15) is 0 Å². The van der Waals surface area contributed by atoms with Gasteiger partial charge in [-0.3, -0.25) is 0 Å². The van der Waals surface area contributed by atoms with Crippen molar-refractivity contribution in [2.24, 2.45) is 5.41 Å². The lowest BCUT2D eigenvalue weighted by molar-refractivity contribution is -0.189. The van der Waals surface area contributed by atoms with Crippen LogP contribution in [-0.2, 0) is 4.74 Å². The van der Waals surface area contributed by atoms with Gasteiger partial charge in [0, 0.05) is 31.7 Å². The number of hydrogen-bond donors (Lipinski definition) is 1. The first-order chi connectivity index (χ1) is 5.35. The Morgan fingerprint density at radius 2 is 2.09 bits per heavy atom. The van der Waals surface area contributed by atoms with Gasteiger partial charge in [-0.05, 0) is 6.42 Å². The van der Waals surface area contributed by atoms with Crippen LogP contribution < -0.4 is 0 Å². The Kier molecular flexibility index (Phi) is 1.87. The third kappa shape index (κ3) is 1.28. The van der Waals surface area contributed by atoms with E-state index in [-0.39, 0.29) is 0 Å². The van der Waals surface area contributed by atoms with Crippen LogP contribution in [0.1, 0.15) is 6.42 Å². The van der Waals surface area contributed by atoms with E-state index in [2.05, 4.69) is 4.90 Å². The molecule has 0 aromatic heterocycles. The molecule has 0 saturated carbocycles. The average Bonchev–Trinajstić information content (AvgIpc) is 1.81. The highest BCUT2D eigenvalue weighted by Gasteiger charge is 2.48. The van der Waals surface area contributed by atoms with Gasteiger partial charge in [0.25, 0.3) is 0 Å². The fraction of sp³-hybridized carbons (Fsp3) is 1.00. The third-order valence-corrected chi connectivity index (χ3v) is 2.57. The van der Waals surface area contributed by atoms with E-state index in [0.717, 1.165) is 26.2 Å². The quantitative estimate of drug-likeness (QED) is 0.610. The number of nitrogens with zero attached hydrogens (tertiary/aromatic N) is 1. The summed E-state index contributed by atoms with van der Waals surface area (Å²) in [7, 11) is 0. The summed E-state index contributed by atoms with van der Waals surface area (Å²) in [5.41, 5.74) is 0.537. The second-order valence-electron chi connectivity index (χ2n) is 3.78. The second kappa shape index (κ2) is 2.73. The van der Waals surface area contributed by atoms with Gasteiger partial charge in [0.15, 0.2) is 0 Å². The highest BCUT2D eigenvalue weighted by atomic mass is 16.5. The van der Waals surface area contributed by atoms with Crippen LogP contribution in [0.5, 0.6) is 0 Å². The number of rotatable bonds is 3. The smallest absolute Gasteiger partial charge is 0.0569 e. The molecular formula is C8H15NO2. The van der Waals surface area contributed by atoms with E-state index in [1.165, 1.54) is 13.1 Å². The molecule has 2 heterocycles. The molecule has 2 rings (SSSR count). The molecule has 0 unspecified atom stereocenters. The predicted molar refractivity (Wildman–Crippen MR) is 41.4 cm³/mol. The molecule has 2 fully saturated rings. The summed E-state index contributed by atoms with van der Waals surface area (Å²) in [6.45, 7) is 5.67. The molecule has 1 spiro atoms. The van der Waals surface area contributed by atoms with Crippen molar-refractivity contribution < 1.29 is 9.84 Å². The molecule has 1 N–H and O–H groups in total. The van der Waals surface area contributed by atoms with E-state index in [0.29, 0.717) is 12.0 Å². The van der Waals surface area contributed by atoms with Crippen LogP contribution in [0.2, 0.25) is 0 Å². The Morgan fingerprint density at radius 3 is 2.55 bits per heavy atom. The number of aliphatic hydroxyl groups is 1. The molecule has 0 atom stereocenters. The molecular weight excluding hydrogens is 142 g/mol. The van der Waals surface area contributed by atoms with E-state index < -0.39 is 0 Å². The molecule has 11 heavy (non-hydrogen) atoms. The predicted octanol–water partition coefficient (Wildman–Crippen LogP) is -0.299.